The van der Waals surface area contributed by atoms with E-state index in [0.717, 1.165) is 13.0 Å². The highest BCUT2D eigenvalue weighted by atomic mass is 32.1. The van der Waals surface area contributed by atoms with Gasteiger partial charge in [0.25, 0.3) is 0 Å². The van der Waals surface area contributed by atoms with Gasteiger partial charge in [-0.2, -0.15) is 0 Å². The highest BCUT2D eigenvalue weighted by molar-refractivity contribution is 7.11. The Bertz CT molecular complexity index is 505. The van der Waals surface area contributed by atoms with Crippen LogP contribution in [-0.2, 0) is 13.0 Å². The summed E-state index contributed by atoms with van der Waals surface area (Å²) in [6.07, 6.45) is 3.06. The van der Waals surface area contributed by atoms with Crippen LogP contribution in [0.1, 0.15) is 40.9 Å². The van der Waals surface area contributed by atoms with Crippen LogP contribution >= 0.6 is 11.3 Å². The smallest absolute Gasteiger partial charge is 0.107 e. The van der Waals surface area contributed by atoms with E-state index in [1.54, 1.807) is 11.3 Å². The normalized spacial score (nSPS) is 12.6. The van der Waals surface area contributed by atoms with E-state index in [1.807, 2.05) is 6.20 Å². The maximum absolute atomic E-state index is 4.43. The number of aromatic nitrogens is 1. The van der Waals surface area contributed by atoms with E-state index in [-0.39, 0.29) is 0 Å². The minimum absolute atomic E-state index is 0.361. The molecule has 0 radical (unpaired) electrons. The number of nitrogens with one attached hydrogen (secondary N) is 1. The lowest BCUT2D eigenvalue weighted by molar-refractivity contribution is 0.571. The summed E-state index contributed by atoms with van der Waals surface area (Å²) in [5.74, 6) is 0. The minimum atomic E-state index is 0.361. The third kappa shape index (κ3) is 3.18. The van der Waals surface area contributed by atoms with Gasteiger partial charge in [-0.25, -0.2) is 4.98 Å². The second-order valence-electron chi connectivity index (χ2n) is 4.53. The molecule has 2 nitrogen and oxygen atoms in total. The zero-order chi connectivity index (χ0) is 13.0. The van der Waals surface area contributed by atoms with E-state index in [9.17, 15) is 0 Å². The number of nitrogens with zero attached hydrogens (tertiary/aromatic N) is 1. The topological polar surface area (TPSA) is 24.9 Å². The molecule has 1 atom stereocenters. The minimum Gasteiger partial charge on any atom is -0.304 e. The summed E-state index contributed by atoms with van der Waals surface area (Å²) < 4.78 is 0. The summed E-state index contributed by atoms with van der Waals surface area (Å²) in [5.41, 5.74) is 2.70. The Kier molecular flexibility index (Phi) is 4.50. The van der Waals surface area contributed by atoms with Crippen LogP contribution in [-0.4, -0.2) is 4.98 Å². The molecule has 96 valence electrons. The molecule has 18 heavy (non-hydrogen) atoms. The number of aryl methyl sites for hydroxylation is 2. The first-order valence-corrected chi connectivity index (χ1v) is 7.25. The molecule has 1 aromatic carbocycles. The molecule has 0 amide bonds. The Morgan fingerprint density at radius 2 is 2.11 bits per heavy atom. The van der Waals surface area contributed by atoms with Crippen molar-refractivity contribution >= 4 is 11.3 Å². The van der Waals surface area contributed by atoms with Crippen molar-refractivity contribution in [3.05, 3.63) is 51.5 Å². The molecule has 0 aliphatic heterocycles. The van der Waals surface area contributed by atoms with Crippen LogP contribution in [0, 0.1) is 6.92 Å². The van der Waals surface area contributed by atoms with Crippen molar-refractivity contribution in [3.8, 4) is 0 Å². The van der Waals surface area contributed by atoms with Gasteiger partial charge in [-0.1, -0.05) is 31.2 Å². The zero-order valence-corrected chi connectivity index (χ0v) is 12.1. The Labute approximate surface area is 113 Å². The fraction of sp³-hybridized carbons (Fsp3) is 0.400. The van der Waals surface area contributed by atoms with E-state index in [4.69, 9.17) is 0 Å². The Morgan fingerprint density at radius 1 is 1.33 bits per heavy atom. The summed E-state index contributed by atoms with van der Waals surface area (Å²) in [6.45, 7) is 7.38. The average Bonchev–Trinajstić information content (AvgIpc) is 2.84. The lowest BCUT2D eigenvalue weighted by Crippen LogP contribution is -2.18. The first-order chi connectivity index (χ1) is 8.70. The second-order valence-corrected chi connectivity index (χ2v) is 5.73. The molecule has 1 N–H and O–H groups in total. The molecule has 0 fully saturated rings. The fourth-order valence-corrected chi connectivity index (χ4v) is 2.83. The Balaban J connectivity index is 1.96. The van der Waals surface area contributed by atoms with Crippen molar-refractivity contribution in [3.63, 3.8) is 0 Å². The van der Waals surface area contributed by atoms with Crippen LogP contribution in [0.5, 0.6) is 0 Å². The van der Waals surface area contributed by atoms with E-state index in [2.05, 4.69) is 55.3 Å². The molecular weight excluding hydrogens is 240 g/mol. The monoisotopic (exact) mass is 260 g/mol. The van der Waals surface area contributed by atoms with Crippen molar-refractivity contribution in [2.24, 2.45) is 0 Å². The highest BCUT2D eigenvalue weighted by Gasteiger charge is 2.08. The number of benzene rings is 1. The van der Waals surface area contributed by atoms with Gasteiger partial charge < -0.3 is 5.32 Å². The SMILES string of the molecule is CCc1cnc(CNC(C)c2ccccc2C)s1. The summed E-state index contributed by atoms with van der Waals surface area (Å²) in [7, 11) is 0. The average molecular weight is 260 g/mol. The standard InChI is InChI=1S/C15H20N2S/c1-4-13-9-17-15(18-13)10-16-12(3)14-8-6-5-7-11(14)2/h5-9,12,16H,4,10H2,1-3H3. The van der Waals surface area contributed by atoms with Crippen LogP contribution < -0.4 is 5.32 Å². The van der Waals surface area contributed by atoms with Crippen LogP contribution in [0.2, 0.25) is 0 Å². The molecule has 0 aliphatic rings. The molecule has 1 unspecified atom stereocenters. The predicted molar refractivity (Wildman–Crippen MR) is 77.9 cm³/mol. The lowest BCUT2D eigenvalue weighted by atomic mass is 10.0. The Hall–Kier alpha value is -1.19. The highest BCUT2D eigenvalue weighted by Crippen LogP contribution is 2.18. The molecule has 2 aromatic rings. The summed E-state index contributed by atoms with van der Waals surface area (Å²) in [6, 6.07) is 8.89. The van der Waals surface area contributed by atoms with Gasteiger partial charge in [-0.15, -0.1) is 11.3 Å². The maximum atomic E-state index is 4.43. The third-order valence-corrected chi connectivity index (χ3v) is 4.31. The van der Waals surface area contributed by atoms with Gasteiger partial charge in [0.2, 0.25) is 0 Å². The van der Waals surface area contributed by atoms with E-state index in [0.29, 0.717) is 6.04 Å². The van der Waals surface area contributed by atoms with Crippen molar-refractivity contribution < 1.29 is 0 Å². The predicted octanol–water partition coefficient (Wildman–Crippen LogP) is 3.86. The largest absolute Gasteiger partial charge is 0.304 e. The molecule has 0 spiro atoms. The van der Waals surface area contributed by atoms with E-state index < -0.39 is 0 Å². The van der Waals surface area contributed by atoms with Crippen molar-refractivity contribution in [2.75, 3.05) is 0 Å². The van der Waals surface area contributed by atoms with Gasteiger partial charge in [-0.05, 0) is 31.4 Å². The van der Waals surface area contributed by atoms with Gasteiger partial charge >= 0.3 is 0 Å². The maximum Gasteiger partial charge on any atom is 0.107 e. The zero-order valence-electron chi connectivity index (χ0n) is 11.2. The molecule has 0 aliphatic carbocycles. The lowest BCUT2D eigenvalue weighted by Gasteiger charge is -2.15. The quantitative estimate of drug-likeness (QED) is 0.883. The third-order valence-electron chi connectivity index (χ3n) is 3.16. The molecular formula is C15H20N2S. The first kappa shape index (κ1) is 13.2. The van der Waals surface area contributed by atoms with Crippen LogP contribution in [0.25, 0.3) is 0 Å². The molecule has 0 bridgehead atoms. The fourth-order valence-electron chi connectivity index (χ4n) is 2.02. The number of hydrogen-bond acceptors (Lipinski definition) is 3. The number of thiazole rings is 1. The van der Waals surface area contributed by atoms with Gasteiger partial charge in [0.1, 0.15) is 5.01 Å². The molecule has 3 heteroatoms. The van der Waals surface area contributed by atoms with E-state index >= 15 is 0 Å². The van der Waals surface area contributed by atoms with Crippen molar-refractivity contribution in [2.45, 2.75) is 39.8 Å². The van der Waals surface area contributed by atoms with Crippen LogP contribution in [0.4, 0.5) is 0 Å². The van der Waals surface area contributed by atoms with Gasteiger partial charge in [-0.3, -0.25) is 0 Å². The molecule has 1 heterocycles. The Morgan fingerprint density at radius 3 is 2.78 bits per heavy atom. The summed E-state index contributed by atoms with van der Waals surface area (Å²) in [5, 5.41) is 4.71. The van der Waals surface area contributed by atoms with Gasteiger partial charge in [0.15, 0.2) is 0 Å². The van der Waals surface area contributed by atoms with Crippen LogP contribution in [0.3, 0.4) is 0 Å². The second kappa shape index (κ2) is 6.12. The van der Waals surface area contributed by atoms with Crippen molar-refractivity contribution in [1.29, 1.82) is 0 Å². The first-order valence-electron chi connectivity index (χ1n) is 6.43. The van der Waals surface area contributed by atoms with Gasteiger partial charge in [0, 0.05) is 23.7 Å². The number of hydrogen-bond donors (Lipinski definition) is 1. The molecule has 0 saturated carbocycles. The summed E-state index contributed by atoms with van der Waals surface area (Å²) >= 11 is 1.80. The molecule has 2 rings (SSSR count). The van der Waals surface area contributed by atoms with Crippen molar-refractivity contribution in [1.82, 2.24) is 10.3 Å². The molecule has 1 aromatic heterocycles. The molecule has 0 saturated heterocycles. The number of rotatable bonds is 5. The van der Waals surface area contributed by atoms with Crippen LogP contribution in [0.15, 0.2) is 30.5 Å². The summed E-state index contributed by atoms with van der Waals surface area (Å²) in [4.78, 5) is 5.79. The van der Waals surface area contributed by atoms with E-state index in [1.165, 1.54) is 21.0 Å². The van der Waals surface area contributed by atoms with Gasteiger partial charge in [0.05, 0.1) is 0 Å².